The fourth-order valence-corrected chi connectivity index (χ4v) is 2.69. The van der Waals surface area contributed by atoms with Crippen LogP contribution < -0.4 is 5.73 Å². The van der Waals surface area contributed by atoms with E-state index in [2.05, 4.69) is 0 Å². The molecule has 0 heterocycles. The smallest absolute Gasteiger partial charge is 0.366 e. The van der Waals surface area contributed by atoms with E-state index in [1.807, 2.05) is 0 Å². The van der Waals surface area contributed by atoms with Crippen molar-refractivity contribution < 1.29 is 22.4 Å². The van der Waals surface area contributed by atoms with Crippen molar-refractivity contribution in [2.24, 2.45) is 5.73 Å². The number of carbonyl (C=O) groups excluding carboxylic acids is 1. The third kappa shape index (κ3) is 2.71. The summed E-state index contributed by atoms with van der Waals surface area (Å²) in [5, 5.41) is 1.30. The van der Waals surface area contributed by atoms with Gasteiger partial charge in [-0.3, -0.25) is 4.79 Å². The van der Waals surface area contributed by atoms with E-state index in [1.165, 1.54) is 12.1 Å². The average molecular weight is 333 g/mol. The Morgan fingerprint density at radius 2 is 1.67 bits per heavy atom. The number of hydrogen-bond donors (Lipinski definition) is 1. The lowest BCUT2D eigenvalue weighted by atomic mass is 9.92. The number of hydrogen-bond acceptors (Lipinski definition) is 1. The number of fused-ring (bicyclic) bond motifs is 1. The van der Waals surface area contributed by atoms with Crippen molar-refractivity contribution in [3.63, 3.8) is 0 Å². The molecule has 0 saturated heterocycles. The van der Waals surface area contributed by atoms with E-state index in [0.29, 0.717) is 11.5 Å². The molecule has 0 fully saturated rings. The first-order valence-electron chi connectivity index (χ1n) is 6.97. The summed E-state index contributed by atoms with van der Waals surface area (Å²) >= 11 is 0. The molecular formula is C18H11F4NO. The van der Waals surface area contributed by atoms with Gasteiger partial charge in [0.25, 0.3) is 0 Å². The van der Waals surface area contributed by atoms with Gasteiger partial charge < -0.3 is 5.73 Å². The molecule has 0 atom stereocenters. The molecule has 0 aliphatic carbocycles. The minimum atomic E-state index is -4.84. The molecule has 6 heteroatoms. The number of alkyl halides is 3. The third-order valence-electron chi connectivity index (χ3n) is 3.75. The molecule has 1 amide bonds. The number of rotatable bonds is 2. The minimum Gasteiger partial charge on any atom is -0.366 e. The highest BCUT2D eigenvalue weighted by atomic mass is 19.4. The third-order valence-corrected chi connectivity index (χ3v) is 3.75. The lowest BCUT2D eigenvalue weighted by Crippen LogP contribution is -2.13. The SMILES string of the molecule is NC(=O)c1ccc2ccccc2c1-c1ccc(F)c(C(F)(F)F)c1. The van der Waals surface area contributed by atoms with Gasteiger partial charge in [-0.05, 0) is 34.5 Å². The summed E-state index contributed by atoms with van der Waals surface area (Å²) in [6.07, 6.45) is -4.84. The summed E-state index contributed by atoms with van der Waals surface area (Å²) < 4.78 is 52.5. The Bertz CT molecular complexity index is 947. The van der Waals surface area contributed by atoms with Gasteiger partial charge in [0, 0.05) is 11.1 Å². The second-order valence-electron chi connectivity index (χ2n) is 5.27. The molecule has 3 aromatic rings. The maximum Gasteiger partial charge on any atom is 0.419 e. The van der Waals surface area contributed by atoms with Crippen LogP contribution in [0.3, 0.4) is 0 Å². The first-order valence-corrected chi connectivity index (χ1v) is 6.97. The van der Waals surface area contributed by atoms with Crippen LogP contribution in [0.15, 0.2) is 54.6 Å². The van der Waals surface area contributed by atoms with Crippen LogP contribution in [0, 0.1) is 5.82 Å². The van der Waals surface area contributed by atoms with Crippen LogP contribution >= 0.6 is 0 Å². The molecule has 0 bridgehead atoms. The van der Waals surface area contributed by atoms with E-state index < -0.39 is 23.5 Å². The lowest BCUT2D eigenvalue weighted by molar-refractivity contribution is -0.139. The first kappa shape index (κ1) is 16.0. The van der Waals surface area contributed by atoms with Crippen molar-refractivity contribution in [1.29, 1.82) is 0 Å². The topological polar surface area (TPSA) is 43.1 Å². The van der Waals surface area contributed by atoms with E-state index >= 15 is 0 Å². The molecule has 3 rings (SSSR count). The predicted molar refractivity (Wildman–Crippen MR) is 82.9 cm³/mol. The van der Waals surface area contributed by atoms with Gasteiger partial charge in [0.2, 0.25) is 5.91 Å². The van der Waals surface area contributed by atoms with Gasteiger partial charge in [0.05, 0.1) is 5.56 Å². The predicted octanol–water partition coefficient (Wildman–Crippen LogP) is 4.76. The number of amides is 1. The Hall–Kier alpha value is -2.89. The van der Waals surface area contributed by atoms with Crippen molar-refractivity contribution >= 4 is 16.7 Å². The number of halogens is 4. The van der Waals surface area contributed by atoms with Gasteiger partial charge in [-0.2, -0.15) is 13.2 Å². The summed E-state index contributed by atoms with van der Waals surface area (Å²) in [5.74, 6) is -2.14. The largest absolute Gasteiger partial charge is 0.419 e. The fourth-order valence-electron chi connectivity index (χ4n) is 2.69. The minimum absolute atomic E-state index is 0.0773. The molecule has 0 radical (unpaired) electrons. The molecule has 0 aliphatic heterocycles. The second-order valence-corrected chi connectivity index (χ2v) is 5.27. The molecule has 2 nitrogen and oxygen atoms in total. The number of carbonyl (C=O) groups is 1. The highest BCUT2D eigenvalue weighted by Crippen LogP contribution is 2.37. The Kier molecular flexibility index (Phi) is 3.75. The molecular weight excluding hydrogens is 322 g/mol. The molecule has 0 aromatic heterocycles. The van der Waals surface area contributed by atoms with Gasteiger partial charge >= 0.3 is 6.18 Å². The van der Waals surface area contributed by atoms with Gasteiger partial charge in [-0.1, -0.05) is 36.4 Å². The van der Waals surface area contributed by atoms with Crippen LogP contribution in [0.4, 0.5) is 17.6 Å². The van der Waals surface area contributed by atoms with Crippen LogP contribution in [-0.4, -0.2) is 5.91 Å². The number of primary amides is 1. The van der Waals surface area contributed by atoms with Crippen molar-refractivity contribution in [2.75, 3.05) is 0 Å². The van der Waals surface area contributed by atoms with Gasteiger partial charge in [0.15, 0.2) is 0 Å². The van der Waals surface area contributed by atoms with Gasteiger partial charge in [0.1, 0.15) is 5.82 Å². The van der Waals surface area contributed by atoms with Crippen molar-refractivity contribution in [3.05, 3.63) is 71.5 Å². The molecule has 3 aromatic carbocycles. The highest BCUT2D eigenvalue weighted by Gasteiger charge is 2.34. The van der Waals surface area contributed by atoms with E-state index in [0.717, 1.165) is 11.5 Å². The highest BCUT2D eigenvalue weighted by molar-refractivity contribution is 6.09. The van der Waals surface area contributed by atoms with E-state index in [4.69, 9.17) is 5.73 Å². The Morgan fingerprint density at radius 1 is 0.958 bits per heavy atom. The summed E-state index contributed by atoms with van der Waals surface area (Å²) in [5.41, 5.74) is 4.39. The Balaban J connectivity index is 2.37. The van der Waals surface area contributed by atoms with E-state index in [9.17, 15) is 22.4 Å². The number of nitrogens with two attached hydrogens (primary N) is 1. The van der Waals surface area contributed by atoms with Crippen molar-refractivity contribution in [1.82, 2.24) is 0 Å². The molecule has 24 heavy (non-hydrogen) atoms. The molecule has 2 N–H and O–H groups in total. The van der Waals surface area contributed by atoms with Crippen LogP contribution in [0.2, 0.25) is 0 Å². The second kappa shape index (κ2) is 5.63. The fraction of sp³-hybridized carbons (Fsp3) is 0.0556. The lowest BCUT2D eigenvalue weighted by Gasteiger charge is -2.14. The molecule has 0 saturated carbocycles. The van der Waals surface area contributed by atoms with Crippen LogP contribution in [-0.2, 0) is 6.18 Å². The zero-order valence-electron chi connectivity index (χ0n) is 12.2. The summed E-state index contributed by atoms with van der Waals surface area (Å²) in [4.78, 5) is 11.7. The average Bonchev–Trinajstić information content (AvgIpc) is 2.53. The monoisotopic (exact) mass is 333 g/mol. The quantitative estimate of drug-likeness (QED) is 0.675. The summed E-state index contributed by atoms with van der Waals surface area (Å²) in [7, 11) is 0. The standard InChI is InChI=1S/C18H11F4NO/c19-15-8-6-11(9-14(15)18(20,21)22)16-12-4-2-1-3-10(12)5-7-13(16)17(23)24/h1-9H,(H2,23,24). The van der Waals surface area contributed by atoms with Crippen molar-refractivity contribution in [3.8, 4) is 11.1 Å². The maximum absolute atomic E-state index is 13.5. The van der Waals surface area contributed by atoms with Crippen molar-refractivity contribution in [2.45, 2.75) is 6.18 Å². The molecule has 0 aliphatic rings. The van der Waals surface area contributed by atoms with Crippen LogP contribution in [0.1, 0.15) is 15.9 Å². The summed E-state index contributed by atoms with van der Waals surface area (Å²) in [6, 6.07) is 12.7. The molecule has 0 spiro atoms. The summed E-state index contributed by atoms with van der Waals surface area (Å²) in [6.45, 7) is 0. The Labute approximate surface area is 134 Å². The normalized spacial score (nSPS) is 11.7. The van der Waals surface area contributed by atoms with Gasteiger partial charge in [-0.15, -0.1) is 0 Å². The van der Waals surface area contributed by atoms with Crippen LogP contribution in [0.5, 0.6) is 0 Å². The molecule has 0 unspecified atom stereocenters. The maximum atomic E-state index is 13.5. The van der Waals surface area contributed by atoms with E-state index in [-0.39, 0.29) is 16.7 Å². The zero-order valence-corrected chi connectivity index (χ0v) is 12.2. The molecule has 122 valence electrons. The number of benzene rings is 3. The zero-order chi connectivity index (χ0) is 17.5. The van der Waals surface area contributed by atoms with Crippen LogP contribution in [0.25, 0.3) is 21.9 Å². The van der Waals surface area contributed by atoms with E-state index in [1.54, 1.807) is 30.3 Å². The van der Waals surface area contributed by atoms with Gasteiger partial charge in [-0.25, -0.2) is 4.39 Å². The first-order chi connectivity index (χ1) is 11.3. The Morgan fingerprint density at radius 3 is 2.33 bits per heavy atom.